The zero-order valence-corrected chi connectivity index (χ0v) is 14.0. The number of rotatable bonds is 5. The second-order valence-corrected chi connectivity index (χ2v) is 6.77. The van der Waals surface area contributed by atoms with E-state index in [2.05, 4.69) is 10.2 Å². The van der Waals surface area contributed by atoms with Crippen molar-refractivity contribution in [2.24, 2.45) is 5.92 Å². The molecule has 1 aliphatic heterocycles. The molecule has 1 saturated heterocycles. The van der Waals surface area contributed by atoms with Gasteiger partial charge in [0.1, 0.15) is 0 Å². The largest absolute Gasteiger partial charge is 0.387 e. The highest BCUT2D eigenvalue weighted by Crippen LogP contribution is 2.19. The van der Waals surface area contributed by atoms with E-state index in [1.54, 1.807) is 12.1 Å². The molecule has 0 saturated carbocycles. The highest BCUT2D eigenvalue weighted by molar-refractivity contribution is 6.30. The Hall–Kier alpha value is -1.10. The van der Waals surface area contributed by atoms with Crippen LogP contribution in [-0.2, 0) is 4.79 Å². The molecule has 1 aromatic rings. The van der Waals surface area contributed by atoms with Crippen LogP contribution in [0.5, 0.6) is 0 Å². The fourth-order valence-electron chi connectivity index (χ4n) is 2.74. The molecule has 2 atom stereocenters. The first kappa shape index (κ1) is 17.3. The van der Waals surface area contributed by atoms with Crippen molar-refractivity contribution >= 4 is 17.5 Å². The molecule has 2 rings (SSSR count). The molecule has 0 radical (unpaired) electrons. The standard InChI is InChI=1S/C17H25ClN2O2/c1-12(2)17(22)19-15-4-3-9-20(10-15)11-16(21)13-5-7-14(18)8-6-13/h5-8,12,15-16,21H,3-4,9-11H2,1-2H3,(H,19,22). The number of nitrogens with one attached hydrogen (secondary N) is 1. The second kappa shape index (κ2) is 7.95. The Morgan fingerprint density at radius 1 is 1.41 bits per heavy atom. The molecule has 0 spiro atoms. The summed E-state index contributed by atoms with van der Waals surface area (Å²) in [7, 11) is 0. The maximum absolute atomic E-state index is 11.8. The Bertz CT molecular complexity index is 490. The minimum atomic E-state index is -0.531. The molecule has 1 heterocycles. The molecule has 1 amide bonds. The summed E-state index contributed by atoms with van der Waals surface area (Å²) in [6.45, 7) is 6.14. The number of β-amino-alcohol motifs (C(OH)–C–C–N with tert-alkyl or cyclic N) is 1. The Morgan fingerprint density at radius 2 is 2.09 bits per heavy atom. The van der Waals surface area contributed by atoms with Crippen LogP contribution in [0.1, 0.15) is 38.4 Å². The van der Waals surface area contributed by atoms with E-state index in [0.29, 0.717) is 11.6 Å². The molecule has 4 nitrogen and oxygen atoms in total. The SMILES string of the molecule is CC(C)C(=O)NC1CCCN(CC(O)c2ccc(Cl)cc2)C1. The monoisotopic (exact) mass is 324 g/mol. The second-order valence-electron chi connectivity index (χ2n) is 6.33. The van der Waals surface area contributed by atoms with Gasteiger partial charge in [-0.05, 0) is 37.1 Å². The van der Waals surface area contributed by atoms with E-state index in [1.807, 2.05) is 26.0 Å². The number of hydrogen-bond donors (Lipinski definition) is 2. The van der Waals surface area contributed by atoms with Crippen molar-refractivity contribution in [2.75, 3.05) is 19.6 Å². The molecular formula is C17H25ClN2O2. The van der Waals surface area contributed by atoms with Crippen molar-refractivity contribution in [3.8, 4) is 0 Å². The van der Waals surface area contributed by atoms with E-state index >= 15 is 0 Å². The van der Waals surface area contributed by atoms with E-state index < -0.39 is 6.10 Å². The summed E-state index contributed by atoms with van der Waals surface area (Å²) >= 11 is 5.87. The van der Waals surface area contributed by atoms with Crippen LogP contribution in [0.15, 0.2) is 24.3 Å². The first-order chi connectivity index (χ1) is 10.5. The molecule has 1 fully saturated rings. The lowest BCUT2D eigenvalue weighted by Crippen LogP contribution is -2.49. The van der Waals surface area contributed by atoms with E-state index in [-0.39, 0.29) is 17.9 Å². The van der Waals surface area contributed by atoms with E-state index in [1.165, 1.54) is 0 Å². The number of carbonyl (C=O) groups excluding carboxylic acids is 1. The Balaban J connectivity index is 1.87. The zero-order valence-electron chi connectivity index (χ0n) is 13.3. The topological polar surface area (TPSA) is 52.6 Å². The van der Waals surface area contributed by atoms with Gasteiger partial charge in [0.2, 0.25) is 5.91 Å². The number of nitrogens with zero attached hydrogens (tertiary/aromatic N) is 1. The van der Waals surface area contributed by atoms with Gasteiger partial charge in [0.25, 0.3) is 0 Å². The van der Waals surface area contributed by atoms with Gasteiger partial charge in [-0.25, -0.2) is 0 Å². The molecule has 2 N–H and O–H groups in total. The highest BCUT2D eigenvalue weighted by Gasteiger charge is 2.24. The van der Waals surface area contributed by atoms with Crippen molar-refractivity contribution < 1.29 is 9.90 Å². The third-order valence-electron chi connectivity index (χ3n) is 4.06. The van der Waals surface area contributed by atoms with Crippen molar-refractivity contribution in [1.29, 1.82) is 0 Å². The van der Waals surface area contributed by atoms with Crippen molar-refractivity contribution in [2.45, 2.75) is 38.8 Å². The Kier molecular flexibility index (Phi) is 6.24. The summed E-state index contributed by atoms with van der Waals surface area (Å²) < 4.78 is 0. The molecular weight excluding hydrogens is 300 g/mol. The number of hydrogen-bond acceptors (Lipinski definition) is 3. The third kappa shape index (κ3) is 4.97. The quantitative estimate of drug-likeness (QED) is 0.875. The van der Waals surface area contributed by atoms with Gasteiger partial charge in [-0.2, -0.15) is 0 Å². The zero-order chi connectivity index (χ0) is 16.1. The molecule has 1 aromatic carbocycles. The minimum absolute atomic E-state index is 0.00929. The summed E-state index contributed by atoms with van der Waals surface area (Å²) in [4.78, 5) is 14.0. The summed E-state index contributed by atoms with van der Waals surface area (Å²) in [5.74, 6) is 0.111. The predicted octanol–water partition coefficient (Wildman–Crippen LogP) is 2.61. The average Bonchev–Trinajstić information content (AvgIpc) is 2.48. The lowest BCUT2D eigenvalue weighted by molar-refractivity contribution is -0.125. The normalized spacial score (nSPS) is 20.9. The van der Waals surface area contributed by atoms with E-state index in [0.717, 1.165) is 31.5 Å². The number of likely N-dealkylation sites (tertiary alicyclic amines) is 1. The number of aliphatic hydroxyl groups excluding tert-OH is 1. The maximum atomic E-state index is 11.8. The summed E-state index contributed by atoms with van der Waals surface area (Å²) in [6, 6.07) is 7.48. The van der Waals surface area contributed by atoms with Crippen LogP contribution in [0.3, 0.4) is 0 Å². The van der Waals surface area contributed by atoms with Gasteiger partial charge in [-0.3, -0.25) is 9.69 Å². The predicted molar refractivity (Wildman–Crippen MR) is 88.9 cm³/mol. The number of piperidine rings is 1. The smallest absolute Gasteiger partial charge is 0.222 e. The Morgan fingerprint density at radius 3 is 2.73 bits per heavy atom. The highest BCUT2D eigenvalue weighted by atomic mass is 35.5. The number of carbonyl (C=O) groups is 1. The van der Waals surface area contributed by atoms with Gasteiger partial charge in [-0.15, -0.1) is 0 Å². The van der Waals surface area contributed by atoms with Crippen LogP contribution >= 0.6 is 11.6 Å². The molecule has 5 heteroatoms. The molecule has 2 unspecified atom stereocenters. The molecule has 0 aliphatic carbocycles. The van der Waals surface area contributed by atoms with Gasteiger partial charge in [0.05, 0.1) is 6.10 Å². The van der Waals surface area contributed by atoms with Gasteiger partial charge in [0.15, 0.2) is 0 Å². The van der Waals surface area contributed by atoms with Gasteiger partial charge in [0, 0.05) is 30.1 Å². The van der Waals surface area contributed by atoms with Crippen LogP contribution in [0.2, 0.25) is 5.02 Å². The van der Waals surface area contributed by atoms with Crippen molar-refractivity contribution in [1.82, 2.24) is 10.2 Å². The molecule has 0 bridgehead atoms. The average molecular weight is 325 g/mol. The number of benzene rings is 1. The van der Waals surface area contributed by atoms with Gasteiger partial charge >= 0.3 is 0 Å². The van der Waals surface area contributed by atoms with Crippen molar-refractivity contribution in [3.05, 3.63) is 34.9 Å². The lowest BCUT2D eigenvalue weighted by atomic mass is 10.0. The number of amides is 1. The van der Waals surface area contributed by atoms with E-state index in [9.17, 15) is 9.90 Å². The number of halogens is 1. The first-order valence-corrected chi connectivity index (χ1v) is 8.29. The van der Waals surface area contributed by atoms with Crippen LogP contribution in [0, 0.1) is 5.92 Å². The van der Waals surface area contributed by atoms with Gasteiger partial charge < -0.3 is 10.4 Å². The molecule has 122 valence electrons. The molecule has 1 aliphatic rings. The fraction of sp³-hybridized carbons (Fsp3) is 0.588. The Labute approximate surface area is 137 Å². The first-order valence-electron chi connectivity index (χ1n) is 7.92. The fourth-order valence-corrected chi connectivity index (χ4v) is 2.87. The van der Waals surface area contributed by atoms with Crippen molar-refractivity contribution in [3.63, 3.8) is 0 Å². The van der Waals surface area contributed by atoms with Crippen LogP contribution < -0.4 is 5.32 Å². The molecule has 0 aromatic heterocycles. The summed E-state index contributed by atoms with van der Waals surface area (Å²) in [5, 5.41) is 14.1. The van der Waals surface area contributed by atoms with Crippen LogP contribution in [0.4, 0.5) is 0 Å². The number of aliphatic hydroxyl groups is 1. The van der Waals surface area contributed by atoms with Gasteiger partial charge in [-0.1, -0.05) is 37.6 Å². The van der Waals surface area contributed by atoms with Crippen LogP contribution in [-0.4, -0.2) is 41.6 Å². The summed E-state index contributed by atoms with van der Waals surface area (Å²) in [5.41, 5.74) is 0.873. The maximum Gasteiger partial charge on any atom is 0.222 e. The van der Waals surface area contributed by atoms with Crippen LogP contribution in [0.25, 0.3) is 0 Å². The minimum Gasteiger partial charge on any atom is -0.387 e. The third-order valence-corrected chi connectivity index (χ3v) is 4.31. The summed E-state index contributed by atoms with van der Waals surface area (Å²) in [6.07, 6.45) is 1.51. The molecule has 22 heavy (non-hydrogen) atoms. The lowest BCUT2D eigenvalue weighted by Gasteiger charge is -2.34. The van der Waals surface area contributed by atoms with E-state index in [4.69, 9.17) is 11.6 Å².